The fourth-order valence-corrected chi connectivity index (χ4v) is 2.67. The van der Waals surface area contributed by atoms with Crippen molar-refractivity contribution in [1.82, 2.24) is 20.2 Å². The average molecular weight is 327 g/mol. The second kappa shape index (κ2) is 5.74. The van der Waals surface area contributed by atoms with E-state index in [1.807, 2.05) is 58.9 Å². The van der Waals surface area contributed by atoms with Crippen LogP contribution in [0.2, 0.25) is 0 Å². The predicted molar refractivity (Wildman–Crippen MR) is 89.3 cm³/mol. The van der Waals surface area contributed by atoms with Crippen molar-refractivity contribution < 1.29 is 9.53 Å². The Labute approximate surface area is 140 Å². The lowest BCUT2D eigenvalue weighted by Crippen LogP contribution is -2.33. The third-order valence-corrected chi connectivity index (χ3v) is 3.73. The van der Waals surface area contributed by atoms with Gasteiger partial charge in [-0.3, -0.25) is 0 Å². The molecule has 1 aromatic heterocycles. The summed E-state index contributed by atoms with van der Waals surface area (Å²) in [5.41, 5.74) is 2.69. The van der Waals surface area contributed by atoms with Gasteiger partial charge in [0, 0.05) is 5.70 Å². The first-order valence-corrected chi connectivity index (χ1v) is 7.82. The summed E-state index contributed by atoms with van der Waals surface area (Å²) in [5, 5.41) is 14.8. The standard InChI is InChI=1S/C17H21N5O2/c1-10-6-8-12(9-7-10)14-13(15(23)24-17(3,4)5)11(2)18-16-19-20-21-22(14)16/h6-9,14H,1-5H3,(H,18,19,21)/t14-/m1/s1. The summed E-state index contributed by atoms with van der Waals surface area (Å²) in [4.78, 5) is 12.8. The lowest BCUT2D eigenvalue weighted by atomic mass is 9.95. The average Bonchev–Trinajstić information content (AvgIpc) is 2.92. The highest BCUT2D eigenvalue weighted by Gasteiger charge is 2.36. The van der Waals surface area contributed by atoms with Crippen LogP contribution in [-0.4, -0.2) is 31.8 Å². The molecular formula is C17H21N5O2. The Balaban J connectivity index is 2.10. The molecule has 0 saturated heterocycles. The Kier molecular flexibility index (Phi) is 3.87. The molecule has 1 aliphatic rings. The summed E-state index contributed by atoms with van der Waals surface area (Å²) in [6.07, 6.45) is 0. The second-order valence-electron chi connectivity index (χ2n) is 6.93. The summed E-state index contributed by atoms with van der Waals surface area (Å²) in [7, 11) is 0. The van der Waals surface area contributed by atoms with Crippen LogP contribution in [0, 0.1) is 6.92 Å². The highest BCUT2D eigenvalue weighted by atomic mass is 16.6. The van der Waals surface area contributed by atoms with E-state index in [1.165, 1.54) is 0 Å². The van der Waals surface area contributed by atoms with Gasteiger partial charge < -0.3 is 10.1 Å². The number of aryl methyl sites for hydroxylation is 1. The van der Waals surface area contributed by atoms with Gasteiger partial charge in [0.05, 0.1) is 5.57 Å². The van der Waals surface area contributed by atoms with Crippen molar-refractivity contribution >= 4 is 11.9 Å². The number of esters is 1. The predicted octanol–water partition coefficient (Wildman–Crippen LogP) is 2.61. The minimum absolute atomic E-state index is 0.376. The van der Waals surface area contributed by atoms with Crippen LogP contribution in [0.4, 0.5) is 5.95 Å². The van der Waals surface area contributed by atoms with Crippen LogP contribution < -0.4 is 5.32 Å². The van der Waals surface area contributed by atoms with E-state index in [-0.39, 0.29) is 5.97 Å². The Hall–Kier alpha value is -2.70. The van der Waals surface area contributed by atoms with Gasteiger partial charge in [0.25, 0.3) is 0 Å². The molecule has 126 valence electrons. The van der Waals surface area contributed by atoms with Gasteiger partial charge in [0.15, 0.2) is 0 Å². The Morgan fingerprint density at radius 1 is 1.21 bits per heavy atom. The highest BCUT2D eigenvalue weighted by molar-refractivity contribution is 5.92. The Bertz CT molecular complexity index is 799. The second-order valence-corrected chi connectivity index (χ2v) is 6.93. The van der Waals surface area contributed by atoms with E-state index < -0.39 is 11.6 Å². The van der Waals surface area contributed by atoms with E-state index >= 15 is 0 Å². The number of nitrogens with one attached hydrogen (secondary N) is 1. The van der Waals surface area contributed by atoms with Crippen molar-refractivity contribution in [3.63, 3.8) is 0 Å². The van der Waals surface area contributed by atoms with Crippen LogP contribution in [0.3, 0.4) is 0 Å². The summed E-state index contributed by atoms with van der Waals surface area (Å²) < 4.78 is 7.20. The van der Waals surface area contributed by atoms with Gasteiger partial charge in [-0.1, -0.05) is 34.9 Å². The quantitative estimate of drug-likeness (QED) is 0.854. The summed E-state index contributed by atoms with van der Waals surface area (Å²) >= 11 is 0. The number of hydrogen-bond acceptors (Lipinski definition) is 6. The molecule has 1 atom stereocenters. The maximum atomic E-state index is 12.8. The molecule has 0 aliphatic carbocycles. The molecule has 1 N–H and O–H groups in total. The molecule has 0 spiro atoms. The molecule has 0 saturated carbocycles. The minimum Gasteiger partial charge on any atom is -0.456 e. The number of hydrogen-bond donors (Lipinski definition) is 1. The molecule has 0 amide bonds. The third kappa shape index (κ3) is 3.02. The molecule has 3 rings (SSSR count). The number of benzene rings is 1. The first-order chi connectivity index (χ1) is 11.3. The zero-order valence-electron chi connectivity index (χ0n) is 14.5. The molecule has 0 radical (unpaired) electrons. The van der Waals surface area contributed by atoms with Gasteiger partial charge in [0.1, 0.15) is 11.6 Å². The smallest absolute Gasteiger partial charge is 0.338 e. The molecule has 0 bridgehead atoms. The van der Waals surface area contributed by atoms with Gasteiger partial charge in [0.2, 0.25) is 5.95 Å². The highest BCUT2D eigenvalue weighted by Crippen LogP contribution is 2.35. The zero-order valence-corrected chi connectivity index (χ0v) is 14.5. The first kappa shape index (κ1) is 16.2. The van der Waals surface area contributed by atoms with Crippen molar-refractivity contribution in [1.29, 1.82) is 0 Å². The molecule has 0 fully saturated rings. The Morgan fingerprint density at radius 2 is 1.88 bits per heavy atom. The van der Waals surface area contributed by atoms with Gasteiger partial charge in [-0.15, -0.1) is 0 Å². The van der Waals surface area contributed by atoms with Gasteiger partial charge in [-0.05, 0) is 50.6 Å². The van der Waals surface area contributed by atoms with E-state index in [0.717, 1.165) is 11.1 Å². The van der Waals surface area contributed by atoms with Gasteiger partial charge >= 0.3 is 5.97 Å². The monoisotopic (exact) mass is 327 g/mol. The SMILES string of the molecule is CC1=C(C(=O)OC(C)(C)C)[C@@H](c2ccc(C)cc2)n2nnnc2N1. The third-order valence-electron chi connectivity index (χ3n) is 3.73. The molecule has 24 heavy (non-hydrogen) atoms. The lowest BCUT2D eigenvalue weighted by Gasteiger charge is -2.29. The van der Waals surface area contributed by atoms with E-state index in [9.17, 15) is 4.79 Å². The number of aromatic nitrogens is 4. The first-order valence-electron chi connectivity index (χ1n) is 7.82. The molecule has 2 heterocycles. The maximum Gasteiger partial charge on any atom is 0.338 e. The number of allylic oxidation sites excluding steroid dienone is 1. The van der Waals surface area contributed by atoms with Crippen LogP contribution >= 0.6 is 0 Å². The normalized spacial score (nSPS) is 17.3. The molecule has 0 unspecified atom stereocenters. The topological polar surface area (TPSA) is 81.9 Å². The lowest BCUT2D eigenvalue weighted by molar-refractivity contribution is -0.150. The van der Waals surface area contributed by atoms with Crippen LogP contribution in [0.1, 0.15) is 44.9 Å². The molecule has 7 heteroatoms. The number of tetrazole rings is 1. The van der Waals surface area contributed by atoms with Crippen LogP contribution in [0.15, 0.2) is 35.5 Å². The summed E-state index contributed by atoms with van der Waals surface area (Å²) in [6.45, 7) is 9.39. The number of carbonyl (C=O) groups excluding carboxylic acids is 1. The van der Waals surface area contributed by atoms with E-state index in [2.05, 4.69) is 20.8 Å². The van der Waals surface area contributed by atoms with E-state index in [4.69, 9.17) is 4.74 Å². The fraction of sp³-hybridized carbons (Fsp3) is 0.412. The number of ether oxygens (including phenoxy) is 1. The number of nitrogens with zero attached hydrogens (tertiary/aromatic N) is 4. The molecule has 2 aromatic rings. The number of anilines is 1. The zero-order chi connectivity index (χ0) is 17.5. The van der Waals surface area contributed by atoms with Gasteiger partial charge in [-0.25, -0.2) is 4.79 Å². The summed E-state index contributed by atoms with van der Waals surface area (Å²) in [5.74, 6) is 0.129. The maximum absolute atomic E-state index is 12.8. The number of fused-ring (bicyclic) bond motifs is 1. The Morgan fingerprint density at radius 3 is 2.50 bits per heavy atom. The van der Waals surface area contributed by atoms with Crippen LogP contribution in [-0.2, 0) is 9.53 Å². The molecular weight excluding hydrogens is 306 g/mol. The molecule has 7 nitrogen and oxygen atoms in total. The number of carbonyl (C=O) groups is 1. The van der Waals surface area contributed by atoms with E-state index in [0.29, 0.717) is 17.2 Å². The van der Waals surface area contributed by atoms with Crippen LogP contribution in [0.5, 0.6) is 0 Å². The van der Waals surface area contributed by atoms with E-state index in [1.54, 1.807) is 4.68 Å². The van der Waals surface area contributed by atoms with Gasteiger partial charge in [-0.2, -0.15) is 4.68 Å². The molecule has 1 aromatic carbocycles. The van der Waals surface area contributed by atoms with Crippen molar-refractivity contribution in [2.45, 2.75) is 46.3 Å². The number of rotatable bonds is 2. The summed E-state index contributed by atoms with van der Waals surface area (Å²) in [6, 6.07) is 7.54. The van der Waals surface area contributed by atoms with Crippen molar-refractivity contribution in [3.8, 4) is 0 Å². The minimum atomic E-state index is -0.580. The van der Waals surface area contributed by atoms with Crippen molar-refractivity contribution in [2.24, 2.45) is 0 Å². The fourth-order valence-electron chi connectivity index (χ4n) is 2.67. The van der Waals surface area contributed by atoms with Crippen molar-refractivity contribution in [3.05, 3.63) is 46.7 Å². The largest absolute Gasteiger partial charge is 0.456 e. The molecule has 1 aliphatic heterocycles. The van der Waals surface area contributed by atoms with Crippen molar-refractivity contribution in [2.75, 3.05) is 5.32 Å². The van der Waals surface area contributed by atoms with Crippen LogP contribution in [0.25, 0.3) is 0 Å².